The SMILES string of the molecule is Fc1ccccc1-c1cc(NCc2ccc(-c3nn[nH]n3)cc2)n2ncc(Br)c2n1.N#Cc1ccc(CNc2cc(-c3ccccc3F)nc3c(Br)cnn23)cc1. The van der Waals surface area contributed by atoms with Crippen LogP contribution in [0.2, 0.25) is 0 Å². The Labute approximate surface area is 339 Å². The molecule has 9 rings (SSSR count). The number of hydrogen-bond donors (Lipinski definition) is 3. The van der Waals surface area contributed by atoms with Gasteiger partial charge in [-0.3, -0.25) is 0 Å². The number of aromatic nitrogens is 10. The van der Waals surface area contributed by atoms with Crippen LogP contribution >= 0.6 is 31.9 Å². The van der Waals surface area contributed by atoms with Crippen LogP contribution in [0.1, 0.15) is 16.7 Å². The Hall–Kier alpha value is -6.90. The Morgan fingerprint density at radius 3 is 1.61 bits per heavy atom. The fourth-order valence-electron chi connectivity index (χ4n) is 5.88. The van der Waals surface area contributed by atoms with Crippen molar-refractivity contribution in [3.05, 3.63) is 159 Å². The van der Waals surface area contributed by atoms with Crippen LogP contribution in [0.15, 0.2) is 131 Å². The summed E-state index contributed by atoms with van der Waals surface area (Å²) < 4.78 is 33.4. The molecule has 0 saturated heterocycles. The van der Waals surface area contributed by atoms with Gasteiger partial charge < -0.3 is 10.6 Å². The predicted octanol–water partition coefficient (Wildman–Crippen LogP) is 8.87. The molecule has 0 aliphatic carbocycles. The largest absolute Gasteiger partial charge is 0.366 e. The van der Waals surface area contributed by atoms with Crippen molar-refractivity contribution in [1.82, 2.24) is 49.8 Å². The van der Waals surface area contributed by atoms with Crippen molar-refractivity contribution in [2.45, 2.75) is 13.1 Å². The predicted molar refractivity (Wildman–Crippen MR) is 218 cm³/mol. The Morgan fingerprint density at radius 2 is 1.16 bits per heavy atom. The molecule has 57 heavy (non-hydrogen) atoms. The van der Waals surface area contributed by atoms with Gasteiger partial charge in [-0.15, -0.1) is 10.2 Å². The third kappa shape index (κ3) is 8.08. The summed E-state index contributed by atoms with van der Waals surface area (Å²) in [7, 11) is 0. The molecule has 0 bridgehead atoms. The Morgan fingerprint density at radius 1 is 0.667 bits per heavy atom. The number of rotatable bonds is 9. The first-order chi connectivity index (χ1) is 27.8. The minimum Gasteiger partial charge on any atom is -0.366 e. The molecule has 5 aromatic heterocycles. The standard InChI is InChI=1S/C20H14BrFN8.C20H13BrFN5/c21-15-11-24-30-18(9-17(25-20(15)30)14-3-1-2-4-16(14)22)23-10-12-5-7-13(8-6-12)19-26-28-29-27-19;21-16-12-25-27-19(24-11-14-7-5-13(10-23)6-8-14)9-18(26-20(16)27)15-3-1-2-4-17(15)22/h1-9,11,23H,10H2,(H,26,27,28,29);1-9,12,24H,11H2. The molecule has 5 heterocycles. The average Bonchev–Trinajstić information content (AvgIpc) is 4.01. The lowest BCUT2D eigenvalue weighted by Crippen LogP contribution is -2.07. The van der Waals surface area contributed by atoms with Crippen molar-refractivity contribution in [3.63, 3.8) is 0 Å². The van der Waals surface area contributed by atoms with Crippen LogP contribution in [0, 0.1) is 23.0 Å². The van der Waals surface area contributed by atoms with E-state index >= 15 is 0 Å². The van der Waals surface area contributed by atoms with E-state index in [-0.39, 0.29) is 11.6 Å². The summed E-state index contributed by atoms with van der Waals surface area (Å²) in [6.45, 7) is 1.07. The first kappa shape index (κ1) is 37.0. The second-order valence-electron chi connectivity index (χ2n) is 12.4. The third-order valence-corrected chi connectivity index (χ3v) is 9.86. The lowest BCUT2D eigenvalue weighted by Gasteiger charge is -2.11. The first-order valence-corrected chi connectivity index (χ1v) is 18.8. The number of tetrazole rings is 1. The number of benzene rings is 4. The maximum atomic E-state index is 14.3. The highest BCUT2D eigenvalue weighted by atomic mass is 79.9. The van der Waals surface area contributed by atoms with Gasteiger partial charge in [-0.1, -0.05) is 60.7 Å². The summed E-state index contributed by atoms with van der Waals surface area (Å²) in [5, 5.41) is 38.2. The van der Waals surface area contributed by atoms with E-state index in [1.807, 2.05) is 36.4 Å². The lowest BCUT2D eigenvalue weighted by atomic mass is 10.1. The van der Waals surface area contributed by atoms with Gasteiger partial charge in [0.05, 0.1) is 44.4 Å². The van der Waals surface area contributed by atoms with E-state index in [9.17, 15) is 8.78 Å². The minimum absolute atomic E-state index is 0.326. The fraction of sp³-hybridized carbons (Fsp3) is 0.0500. The number of anilines is 2. The molecule has 0 amide bonds. The normalized spacial score (nSPS) is 10.9. The highest BCUT2D eigenvalue weighted by Gasteiger charge is 2.15. The molecule has 280 valence electrons. The van der Waals surface area contributed by atoms with Crippen LogP contribution in [0.4, 0.5) is 20.4 Å². The molecule has 4 aromatic carbocycles. The van der Waals surface area contributed by atoms with Crippen molar-refractivity contribution < 1.29 is 8.78 Å². The molecular weight excluding hydrogens is 860 g/mol. The topological polar surface area (TPSA) is 163 Å². The molecule has 9 aromatic rings. The highest BCUT2D eigenvalue weighted by Crippen LogP contribution is 2.29. The maximum Gasteiger partial charge on any atom is 0.204 e. The monoisotopic (exact) mass is 885 g/mol. The number of halogens is 4. The molecule has 0 atom stereocenters. The molecule has 0 fully saturated rings. The van der Waals surface area contributed by atoms with E-state index in [0.29, 0.717) is 69.9 Å². The molecule has 0 unspecified atom stereocenters. The van der Waals surface area contributed by atoms with E-state index < -0.39 is 0 Å². The Kier molecular flexibility index (Phi) is 10.7. The number of fused-ring (bicyclic) bond motifs is 2. The maximum absolute atomic E-state index is 14.3. The molecule has 0 aliphatic rings. The Bertz CT molecular complexity index is 2870. The van der Waals surface area contributed by atoms with Gasteiger partial charge in [0.25, 0.3) is 0 Å². The Balaban J connectivity index is 0.000000161. The molecule has 0 saturated carbocycles. The van der Waals surface area contributed by atoms with Crippen LogP contribution in [0.3, 0.4) is 0 Å². The summed E-state index contributed by atoms with van der Waals surface area (Å²) in [4.78, 5) is 9.11. The van der Waals surface area contributed by atoms with Crippen molar-refractivity contribution in [3.8, 4) is 40.0 Å². The van der Waals surface area contributed by atoms with Crippen LogP contribution in [-0.2, 0) is 13.1 Å². The summed E-state index contributed by atoms with van der Waals surface area (Å²) in [6.07, 6.45) is 3.32. The van der Waals surface area contributed by atoms with Gasteiger partial charge in [-0.25, -0.2) is 18.7 Å². The zero-order valence-corrected chi connectivity index (χ0v) is 32.6. The van der Waals surface area contributed by atoms with Crippen molar-refractivity contribution in [2.75, 3.05) is 10.6 Å². The molecule has 0 aliphatic heterocycles. The minimum atomic E-state index is -0.331. The summed E-state index contributed by atoms with van der Waals surface area (Å²) >= 11 is 6.90. The van der Waals surface area contributed by atoms with Crippen LogP contribution in [0.5, 0.6) is 0 Å². The van der Waals surface area contributed by atoms with Gasteiger partial charge >= 0.3 is 0 Å². The number of nitrogens with zero attached hydrogens (tertiary/aromatic N) is 10. The van der Waals surface area contributed by atoms with Gasteiger partial charge in [0.2, 0.25) is 5.82 Å². The van der Waals surface area contributed by atoms with Gasteiger partial charge in [-0.05, 0) is 84.6 Å². The molecule has 0 spiro atoms. The van der Waals surface area contributed by atoms with Crippen molar-refractivity contribution in [1.29, 1.82) is 5.26 Å². The number of nitriles is 1. The second-order valence-corrected chi connectivity index (χ2v) is 14.1. The van der Waals surface area contributed by atoms with Crippen LogP contribution < -0.4 is 10.6 Å². The first-order valence-electron chi connectivity index (χ1n) is 17.2. The van der Waals surface area contributed by atoms with Gasteiger partial charge in [0.1, 0.15) is 23.3 Å². The van der Waals surface area contributed by atoms with E-state index in [4.69, 9.17) is 5.26 Å². The van der Waals surface area contributed by atoms with Crippen LogP contribution in [0.25, 0.3) is 45.2 Å². The molecule has 13 nitrogen and oxygen atoms in total. The van der Waals surface area contributed by atoms with Gasteiger partial charge in [0, 0.05) is 41.9 Å². The zero-order valence-electron chi connectivity index (χ0n) is 29.4. The molecule has 3 N–H and O–H groups in total. The van der Waals surface area contributed by atoms with Gasteiger partial charge in [0.15, 0.2) is 11.3 Å². The van der Waals surface area contributed by atoms with Crippen molar-refractivity contribution in [2.24, 2.45) is 0 Å². The fourth-order valence-corrected chi connectivity index (χ4v) is 6.57. The molecular formula is C40H27Br2F2N13. The summed E-state index contributed by atoms with van der Waals surface area (Å²) in [5.74, 6) is 1.27. The summed E-state index contributed by atoms with van der Waals surface area (Å²) in [6, 6.07) is 33.9. The number of H-pyrrole nitrogens is 1. The zero-order chi connectivity index (χ0) is 39.3. The quantitative estimate of drug-likeness (QED) is 0.128. The van der Waals surface area contributed by atoms with E-state index in [2.05, 4.69) is 89.4 Å². The van der Waals surface area contributed by atoms with E-state index in [1.165, 1.54) is 12.1 Å². The second kappa shape index (κ2) is 16.5. The van der Waals surface area contributed by atoms with E-state index in [1.54, 1.807) is 82.1 Å². The summed E-state index contributed by atoms with van der Waals surface area (Å²) in [5.41, 5.74) is 6.64. The highest BCUT2D eigenvalue weighted by molar-refractivity contribution is 9.11. The molecule has 17 heteroatoms. The smallest absolute Gasteiger partial charge is 0.204 e. The lowest BCUT2D eigenvalue weighted by molar-refractivity contribution is 0.630. The molecule has 0 radical (unpaired) electrons. The number of aromatic amines is 1. The number of nitrogens with one attached hydrogen (secondary N) is 3. The van der Waals surface area contributed by atoms with E-state index in [0.717, 1.165) is 25.6 Å². The average molecular weight is 888 g/mol. The van der Waals surface area contributed by atoms with Crippen LogP contribution in [-0.4, -0.2) is 49.8 Å². The number of hydrogen-bond acceptors (Lipinski definition) is 10. The van der Waals surface area contributed by atoms with Gasteiger partial charge in [-0.2, -0.15) is 29.7 Å². The third-order valence-electron chi connectivity index (χ3n) is 8.74. The van der Waals surface area contributed by atoms with Crippen molar-refractivity contribution >= 4 is 54.8 Å².